The van der Waals surface area contributed by atoms with Gasteiger partial charge in [-0.15, -0.1) is 0 Å². The lowest BCUT2D eigenvalue weighted by Crippen LogP contribution is -2.31. The number of nitrogens with one attached hydrogen (secondary N) is 1. The van der Waals surface area contributed by atoms with E-state index in [9.17, 15) is 14.0 Å². The molecule has 0 spiro atoms. The van der Waals surface area contributed by atoms with Gasteiger partial charge in [0.05, 0.1) is 5.69 Å². The Morgan fingerprint density at radius 2 is 1.81 bits per heavy atom. The fourth-order valence-electron chi connectivity index (χ4n) is 3.31. The van der Waals surface area contributed by atoms with Gasteiger partial charge in [-0.05, 0) is 37.6 Å². The van der Waals surface area contributed by atoms with E-state index >= 15 is 0 Å². The summed E-state index contributed by atoms with van der Waals surface area (Å²) in [5, 5.41) is 6.46. The van der Waals surface area contributed by atoms with E-state index in [1.54, 1.807) is 26.0 Å². The molecule has 1 amide bonds. The molecule has 0 aliphatic carbocycles. The molecule has 2 aromatic heterocycles. The number of carbonyl (C=O) groups excluding carboxylic acids is 1. The second-order valence-corrected chi connectivity index (χ2v) is 7.05. The molecule has 0 saturated heterocycles. The van der Waals surface area contributed by atoms with Crippen LogP contribution in [0.1, 0.15) is 11.3 Å². The van der Waals surface area contributed by atoms with Crippen LogP contribution in [-0.2, 0) is 11.3 Å². The van der Waals surface area contributed by atoms with Gasteiger partial charge in [-0.2, -0.15) is 4.98 Å². The van der Waals surface area contributed by atoms with E-state index in [1.165, 1.54) is 22.8 Å². The predicted octanol–water partition coefficient (Wildman–Crippen LogP) is 3.96. The number of halogens is 1. The zero-order valence-electron chi connectivity index (χ0n) is 16.9. The molecule has 156 valence electrons. The molecule has 2 aromatic carbocycles. The van der Waals surface area contributed by atoms with Crippen LogP contribution in [0.4, 0.5) is 10.1 Å². The summed E-state index contributed by atoms with van der Waals surface area (Å²) in [6, 6.07) is 16.8. The third-order valence-corrected chi connectivity index (χ3v) is 4.83. The maximum atomic E-state index is 13.8. The van der Waals surface area contributed by atoms with Gasteiger partial charge < -0.3 is 14.4 Å². The predicted molar refractivity (Wildman–Crippen MR) is 114 cm³/mol. The molecule has 7 nitrogen and oxygen atoms in total. The molecular weight excluding hydrogens is 399 g/mol. The number of aromatic nitrogens is 3. The minimum atomic E-state index is -0.552. The number of carbonyl (C=O) groups is 1. The first-order valence-corrected chi connectivity index (χ1v) is 9.59. The van der Waals surface area contributed by atoms with E-state index in [2.05, 4.69) is 15.5 Å². The molecule has 0 saturated carbocycles. The first-order valence-electron chi connectivity index (χ1n) is 9.59. The standard InChI is InChI=1S/C23H19FN4O3/c1-14-12-15(2)28(13-19(29)25-18-11-7-6-10-17(18)24)23(30)20(14)22-26-21(27-31-22)16-8-4-3-5-9-16/h3-12H,13H2,1-2H3,(H,25,29). The number of nitrogens with zero attached hydrogens (tertiary/aromatic N) is 3. The smallest absolute Gasteiger partial charge is 0.264 e. The van der Waals surface area contributed by atoms with Gasteiger partial charge in [0.1, 0.15) is 17.9 Å². The second kappa shape index (κ2) is 8.35. The van der Waals surface area contributed by atoms with Crippen LogP contribution >= 0.6 is 0 Å². The van der Waals surface area contributed by atoms with E-state index in [4.69, 9.17) is 4.52 Å². The molecule has 0 aliphatic heterocycles. The maximum absolute atomic E-state index is 13.8. The van der Waals surface area contributed by atoms with E-state index in [0.29, 0.717) is 17.1 Å². The number of pyridine rings is 1. The van der Waals surface area contributed by atoms with E-state index in [0.717, 1.165) is 5.56 Å². The zero-order chi connectivity index (χ0) is 22.0. The van der Waals surface area contributed by atoms with Gasteiger partial charge in [0.25, 0.3) is 11.4 Å². The highest BCUT2D eigenvalue weighted by Crippen LogP contribution is 2.23. The monoisotopic (exact) mass is 418 g/mol. The van der Waals surface area contributed by atoms with Crippen LogP contribution in [-0.4, -0.2) is 20.6 Å². The number of aryl methyl sites for hydroxylation is 2. The molecule has 0 aliphatic rings. The Hall–Kier alpha value is -4.07. The van der Waals surface area contributed by atoms with Crippen molar-refractivity contribution in [3.63, 3.8) is 0 Å². The van der Waals surface area contributed by atoms with Crippen LogP contribution in [0.3, 0.4) is 0 Å². The van der Waals surface area contributed by atoms with Gasteiger partial charge >= 0.3 is 0 Å². The van der Waals surface area contributed by atoms with E-state index < -0.39 is 17.3 Å². The fourth-order valence-corrected chi connectivity index (χ4v) is 3.31. The molecule has 4 aromatic rings. The zero-order valence-corrected chi connectivity index (χ0v) is 16.9. The number of benzene rings is 2. The largest absolute Gasteiger partial charge is 0.333 e. The normalized spacial score (nSPS) is 10.8. The van der Waals surface area contributed by atoms with Crippen molar-refractivity contribution in [1.82, 2.24) is 14.7 Å². The van der Waals surface area contributed by atoms with Crippen molar-refractivity contribution in [2.45, 2.75) is 20.4 Å². The van der Waals surface area contributed by atoms with E-state index in [-0.39, 0.29) is 23.7 Å². The molecule has 2 heterocycles. The Kier molecular flexibility index (Phi) is 5.44. The Balaban J connectivity index is 1.66. The lowest BCUT2D eigenvalue weighted by molar-refractivity contribution is -0.116. The van der Waals surface area contributed by atoms with Gasteiger partial charge in [-0.25, -0.2) is 4.39 Å². The van der Waals surface area contributed by atoms with Crippen LogP contribution in [0.25, 0.3) is 22.8 Å². The molecule has 0 unspecified atom stereocenters. The summed E-state index contributed by atoms with van der Waals surface area (Å²) in [6.45, 7) is 3.20. The van der Waals surface area contributed by atoms with Crippen molar-refractivity contribution in [2.24, 2.45) is 0 Å². The van der Waals surface area contributed by atoms with Gasteiger partial charge in [0.2, 0.25) is 11.7 Å². The molecule has 4 rings (SSSR count). The van der Waals surface area contributed by atoms with Crippen molar-refractivity contribution >= 4 is 11.6 Å². The summed E-state index contributed by atoms with van der Waals surface area (Å²) < 4.78 is 20.5. The summed E-state index contributed by atoms with van der Waals surface area (Å²) >= 11 is 0. The van der Waals surface area contributed by atoms with Crippen LogP contribution in [0.2, 0.25) is 0 Å². The Morgan fingerprint density at radius 3 is 2.55 bits per heavy atom. The van der Waals surface area contributed by atoms with Crippen molar-refractivity contribution in [3.05, 3.63) is 88.1 Å². The first kappa shape index (κ1) is 20.2. The first-order chi connectivity index (χ1) is 14.9. The fraction of sp³-hybridized carbons (Fsp3) is 0.130. The maximum Gasteiger partial charge on any atom is 0.264 e. The third kappa shape index (κ3) is 4.13. The number of para-hydroxylation sites is 1. The van der Waals surface area contributed by atoms with Crippen molar-refractivity contribution in [2.75, 3.05) is 5.32 Å². The lowest BCUT2D eigenvalue weighted by Gasteiger charge is -2.13. The van der Waals surface area contributed by atoms with Gasteiger partial charge in [0.15, 0.2) is 0 Å². The number of amides is 1. The van der Waals surface area contributed by atoms with Crippen LogP contribution in [0, 0.1) is 19.7 Å². The molecule has 0 radical (unpaired) electrons. The number of hydrogen-bond donors (Lipinski definition) is 1. The number of hydrogen-bond acceptors (Lipinski definition) is 5. The van der Waals surface area contributed by atoms with Gasteiger partial charge in [0, 0.05) is 11.3 Å². The Morgan fingerprint density at radius 1 is 1.10 bits per heavy atom. The minimum Gasteiger partial charge on any atom is -0.333 e. The quantitative estimate of drug-likeness (QED) is 0.530. The molecule has 31 heavy (non-hydrogen) atoms. The number of anilines is 1. The Bertz CT molecular complexity index is 1310. The summed E-state index contributed by atoms with van der Waals surface area (Å²) in [7, 11) is 0. The van der Waals surface area contributed by atoms with Crippen molar-refractivity contribution < 1.29 is 13.7 Å². The van der Waals surface area contributed by atoms with Crippen LogP contribution < -0.4 is 10.9 Å². The Labute approximate surface area is 177 Å². The summed E-state index contributed by atoms with van der Waals surface area (Å²) in [5.41, 5.74) is 1.82. The van der Waals surface area contributed by atoms with Gasteiger partial charge in [-0.1, -0.05) is 47.6 Å². The van der Waals surface area contributed by atoms with Crippen LogP contribution in [0.5, 0.6) is 0 Å². The minimum absolute atomic E-state index is 0.0509. The molecule has 1 N–H and O–H groups in total. The number of rotatable bonds is 5. The summed E-state index contributed by atoms with van der Waals surface area (Å²) in [5.74, 6) is -0.646. The van der Waals surface area contributed by atoms with Crippen molar-refractivity contribution in [1.29, 1.82) is 0 Å². The van der Waals surface area contributed by atoms with Gasteiger partial charge in [-0.3, -0.25) is 9.59 Å². The SMILES string of the molecule is Cc1cc(C)n(CC(=O)Nc2ccccc2F)c(=O)c1-c1nc(-c2ccccc2)no1. The summed E-state index contributed by atoms with van der Waals surface area (Å²) in [6.07, 6.45) is 0. The molecule has 0 fully saturated rings. The highest BCUT2D eigenvalue weighted by atomic mass is 19.1. The molecular formula is C23H19FN4O3. The van der Waals surface area contributed by atoms with Crippen LogP contribution in [0.15, 0.2) is 70.0 Å². The average Bonchev–Trinajstić information content (AvgIpc) is 3.23. The summed E-state index contributed by atoms with van der Waals surface area (Å²) in [4.78, 5) is 30.0. The average molecular weight is 418 g/mol. The topological polar surface area (TPSA) is 90.0 Å². The second-order valence-electron chi connectivity index (χ2n) is 7.05. The highest BCUT2D eigenvalue weighted by Gasteiger charge is 2.20. The van der Waals surface area contributed by atoms with E-state index in [1.807, 2.05) is 30.3 Å². The molecule has 0 bridgehead atoms. The molecule has 8 heteroatoms. The van der Waals surface area contributed by atoms with Crippen molar-refractivity contribution in [3.8, 4) is 22.8 Å². The third-order valence-electron chi connectivity index (χ3n) is 4.83. The highest BCUT2D eigenvalue weighted by molar-refractivity contribution is 5.90. The lowest BCUT2D eigenvalue weighted by atomic mass is 10.1. The molecule has 0 atom stereocenters.